The van der Waals surface area contributed by atoms with Gasteiger partial charge in [0, 0.05) is 26.7 Å². The maximum absolute atomic E-state index is 14.5. The van der Waals surface area contributed by atoms with Gasteiger partial charge in [-0.1, -0.05) is 4.98 Å². The highest BCUT2D eigenvalue weighted by molar-refractivity contribution is 7.74. The Hall–Kier alpha value is -5.07. The highest BCUT2D eigenvalue weighted by Crippen LogP contribution is 2.67. The van der Waals surface area contributed by atoms with Crippen molar-refractivity contribution < 1.29 is 99.3 Å². The summed E-state index contributed by atoms with van der Waals surface area (Å²) in [5.74, 6) is -3.40. The van der Waals surface area contributed by atoms with Gasteiger partial charge in [-0.2, -0.15) is 4.98 Å². The number of nitrogens with one attached hydrogen (secondary N) is 2. The first-order chi connectivity index (χ1) is 36.2. The topological polar surface area (TPSA) is 533 Å². The van der Waals surface area contributed by atoms with Crippen LogP contribution in [0.1, 0.15) is 25.1 Å². The minimum Gasteiger partial charge on any atom is -0.387 e. The average molecular weight is 1170 g/mol. The molecule has 15 N–H and O–H groups in total. The lowest BCUT2D eigenvalue weighted by Gasteiger charge is -2.28. The van der Waals surface area contributed by atoms with E-state index in [1.807, 2.05) is 0 Å². The Morgan fingerprint density at radius 1 is 0.740 bits per heavy atom. The van der Waals surface area contributed by atoms with Gasteiger partial charge in [0.05, 0.1) is 45.6 Å². The van der Waals surface area contributed by atoms with Gasteiger partial charge in [-0.05, 0) is 6.42 Å². The summed E-state index contributed by atoms with van der Waals surface area (Å²) in [4.78, 5) is 98.0. The molecule has 9 heterocycles. The second kappa shape index (κ2) is 21.5. The highest BCUT2D eigenvalue weighted by atomic mass is 31.3. The summed E-state index contributed by atoms with van der Waals surface area (Å²) in [7, 11) is -18.1. The van der Waals surface area contributed by atoms with Crippen LogP contribution in [-0.2, 0) is 66.9 Å². The number of phosphoric ester groups is 1. The van der Waals surface area contributed by atoms with Gasteiger partial charge in [0.15, 0.2) is 47.3 Å². The van der Waals surface area contributed by atoms with E-state index in [-0.39, 0.29) is 64.2 Å². The van der Waals surface area contributed by atoms with E-state index in [9.17, 15) is 62.7 Å². The molecule has 0 amide bonds. The molecule has 37 nitrogen and oxygen atoms in total. The molecule has 0 radical (unpaired) electrons. The number of nitrogens with two attached hydrogens (primary N) is 3. The molecule has 3 aliphatic heterocycles. The zero-order chi connectivity index (χ0) is 55.7. The van der Waals surface area contributed by atoms with E-state index < -0.39 is 140 Å². The first kappa shape index (κ1) is 56.6. The van der Waals surface area contributed by atoms with Crippen LogP contribution in [0.4, 0.5) is 17.7 Å². The second-order valence-electron chi connectivity index (χ2n) is 17.8. The molecule has 0 bridgehead atoms. The second-order valence-corrected chi connectivity index (χ2v) is 25.6. The number of nitrogen functional groups attached to an aromatic ring is 3. The molecule has 9 rings (SSSR count). The number of aliphatic hydroxyl groups excluding tert-OH is 3. The number of aromatic amines is 2. The Labute approximate surface area is 430 Å². The van der Waals surface area contributed by atoms with Crippen LogP contribution >= 0.6 is 30.6 Å². The van der Waals surface area contributed by atoms with E-state index in [1.165, 1.54) is 40.5 Å². The van der Waals surface area contributed by atoms with Crippen LogP contribution in [0.3, 0.4) is 0 Å². The van der Waals surface area contributed by atoms with Gasteiger partial charge in [0.1, 0.15) is 54.1 Å². The molecule has 3 saturated heterocycles. The minimum absolute atomic E-state index is 0.0102. The standard InChI is InChI=1S/C36H51N15O22P4/c1-48-12-51(29-20(48)31(56)47-36(39)45-29)32-21(52)14(4-5-65-2)15(70-32)6-69-77(63,64)73-75(59,60)13-74(57,58)67-8-17-25(24(66-3)34(72-17)49-10-42-18-26(37)40-9-41-27(18)49)76(61,62)68-7-16-22(53)23(54)33(71-16)50-11-43-19-28(50)44-35(38)46-30(19)55/h9-12,14-17,21-25,32-34,52-54H,4-8,13H2,1-3H3,(H11-,37,38,39,40,41,44,45,46,47,55,56,57,58,59,60,61,62,63,64)/p+1/t14-,15-,16-,17-,21-,22-,23-,24-,25-,32-,33-,34-/m1/s1. The van der Waals surface area contributed by atoms with Crippen molar-refractivity contribution >= 4 is 81.8 Å². The van der Waals surface area contributed by atoms with Crippen molar-refractivity contribution in [2.24, 2.45) is 13.0 Å². The number of H-pyrrole nitrogens is 2. The van der Waals surface area contributed by atoms with E-state index in [0.717, 1.165) is 24.3 Å². The van der Waals surface area contributed by atoms with Crippen molar-refractivity contribution in [3.05, 3.63) is 46.0 Å². The van der Waals surface area contributed by atoms with Crippen LogP contribution in [-0.4, -0.2) is 183 Å². The number of imidazole rings is 3. The number of aromatic nitrogens is 12. The third-order valence-corrected chi connectivity index (χ3v) is 20.4. The van der Waals surface area contributed by atoms with Crippen molar-refractivity contribution in [1.29, 1.82) is 0 Å². The monoisotopic (exact) mass is 1170 g/mol. The summed E-state index contributed by atoms with van der Waals surface area (Å²) in [6, 6.07) is 0. The Morgan fingerprint density at radius 2 is 1.39 bits per heavy atom. The number of hydrogen-bond donors (Lipinski definition) is 12. The molecule has 0 aromatic carbocycles. The Morgan fingerprint density at radius 3 is 2.10 bits per heavy atom. The molecule has 0 spiro atoms. The molecule has 3 fully saturated rings. The van der Waals surface area contributed by atoms with Gasteiger partial charge in [-0.25, -0.2) is 33.4 Å². The molecular weight excluding hydrogens is 1120 g/mol. The molecule has 6 aromatic rings. The molecule has 0 aliphatic carbocycles. The zero-order valence-corrected chi connectivity index (χ0v) is 43.8. The summed E-state index contributed by atoms with van der Waals surface area (Å²) >= 11 is 0. The van der Waals surface area contributed by atoms with E-state index in [4.69, 9.17) is 54.5 Å². The molecule has 0 saturated carbocycles. The average Bonchev–Trinajstić information content (AvgIpc) is 4.20. The summed E-state index contributed by atoms with van der Waals surface area (Å²) in [5, 5.41) is 33.4. The number of phosphoric acid groups is 1. The number of nitrogens with zero attached hydrogens (tertiary/aromatic N) is 10. The lowest BCUT2D eigenvalue weighted by molar-refractivity contribution is -0.745. The van der Waals surface area contributed by atoms with Crippen molar-refractivity contribution in [2.45, 2.75) is 73.5 Å². The highest BCUT2D eigenvalue weighted by Gasteiger charge is 2.58. The summed E-state index contributed by atoms with van der Waals surface area (Å²) in [5.41, 5.74) is 14.0. The predicted molar refractivity (Wildman–Crippen MR) is 256 cm³/mol. The zero-order valence-electron chi connectivity index (χ0n) is 40.2. The molecule has 3 aliphatic rings. The molecule has 422 valence electrons. The van der Waals surface area contributed by atoms with Gasteiger partial charge in [0.25, 0.3) is 17.1 Å². The first-order valence-electron chi connectivity index (χ1n) is 22.6. The molecule has 6 aromatic heterocycles. The van der Waals surface area contributed by atoms with E-state index in [1.54, 1.807) is 0 Å². The van der Waals surface area contributed by atoms with Gasteiger partial charge in [-0.3, -0.25) is 51.5 Å². The predicted octanol–water partition coefficient (Wildman–Crippen LogP) is -3.24. The maximum Gasteiger partial charge on any atom is 0.479 e. The number of aliphatic hydroxyl groups is 3. The third-order valence-electron chi connectivity index (χ3n) is 12.8. The quantitative estimate of drug-likeness (QED) is 0.0249. The lowest BCUT2D eigenvalue weighted by atomic mass is 9.95. The van der Waals surface area contributed by atoms with E-state index >= 15 is 0 Å². The minimum atomic E-state index is -5.69. The number of anilines is 3. The Balaban J connectivity index is 0.890. The van der Waals surface area contributed by atoms with Crippen LogP contribution in [0.15, 0.2) is 34.9 Å². The van der Waals surface area contributed by atoms with Gasteiger partial charge < -0.3 is 84.8 Å². The molecule has 41 heteroatoms. The first-order valence-corrected chi connectivity index (χ1v) is 29.3. The molecule has 4 unspecified atom stereocenters. The molecule has 77 heavy (non-hydrogen) atoms. The number of fused-ring (bicyclic) bond motifs is 3. The summed E-state index contributed by atoms with van der Waals surface area (Å²) < 4.78 is 109. The Bertz CT molecular complexity index is 3510. The largest absolute Gasteiger partial charge is 0.479 e. The van der Waals surface area contributed by atoms with Crippen molar-refractivity contribution in [3.8, 4) is 0 Å². The third kappa shape index (κ3) is 11.3. The normalized spacial score (nSPS) is 30.0. The number of aryl methyl sites for hydroxylation is 1. The number of ether oxygens (including phenoxy) is 5. The fourth-order valence-electron chi connectivity index (χ4n) is 9.36. The molecule has 16 atom stereocenters. The number of rotatable bonds is 21. The Kier molecular flexibility index (Phi) is 15.8. The number of methoxy groups -OCH3 is 2. The van der Waals surface area contributed by atoms with Crippen LogP contribution in [0.25, 0.3) is 33.5 Å². The summed E-state index contributed by atoms with van der Waals surface area (Å²) in [6.45, 7) is -2.93. The van der Waals surface area contributed by atoms with E-state index in [0.29, 0.717) is 0 Å². The van der Waals surface area contributed by atoms with Crippen LogP contribution in [0.5, 0.6) is 0 Å². The smallest absolute Gasteiger partial charge is 0.387 e. The number of hydrogen-bond acceptors (Lipinski definition) is 27. The van der Waals surface area contributed by atoms with Crippen LogP contribution in [0, 0.1) is 5.92 Å². The SMILES string of the molecule is COCC[C@H]1[C@@H](O)[C@H]([n+]2cn(C)c3c(=O)[nH]c(N)nc32)O[C@@H]1COP(=O)(O)OP(=O)(O)CP(=O)(O)OC[C@H]1O[C@@H](n2cnc3c(N)ncnc32)[C@H](OC)[C@@H]1P(=O)(O)OC[C@H]1O[C@@H](n2cnc3c(=O)[nH]c(N)nc32)[C@H](O)[C@@H]1O. The van der Waals surface area contributed by atoms with Gasteiger partial charge in [-0.15, -0.1) is 0 Å². The van der Waals surface area contributed by atoms with E-state index in [2.05, 4.69) is 44.2 Å². The fourth-order valence-corrected chi connectivity index (χ4v) is 16.1. The lowest BCUT2D eigenvalue weighted by Crippen LogP contribution is -2.45. The maximum atomic E-state index is 14.5. The van der Waals surface area contributed by atoms with Crippen molar-refractivity contribution in [1.82, 2.24) is 53.6 Å². The summed E-state index contributed by atoms with van der Waals surface area (Å²) in [6.07, 6.45) is -10.6. The van der Waals surface area contributed by atoms with Crippen molar-refractivity contribution in [3.63, 3.8) is 0 Å². The molecular formula is C36H52N15O22P4+. The van der Waals surface area contributed by atoms with Crippen LogP contribution in [0.2, 0.25) is 0 Å². The fraction of sp³-hybridized carbons (Fsp3) is 0.583. The van der Waals surface area contributed by atoms with Gasteiger partial charge in [0.2, 0.25) is 17.7 Å². The van der Waals surface area contributed by atoms with Crippen molar-refractivity contribution in [2.75, 3.05) is 63.8 Å². The van der Waals surface area contributed by atoms with Gasteiger partial charge >= 0.3 is 36.3 Å². The van der Waals surface area contributed by atoms with Crippen LogP contribution < -0.4 is 32.9 Å².